The number of aromatic nitrogens is 1. The molecule has 140 valence electrons. The van der Waals surface area contributed by atoms with E-state index < -0.39 is 5.82 Å². The molecule has 1 N–H and O–H groups in total. The van der Waals surface area contributed by atoms with Gasteiger partial charge in [0, 0.05) is 5.38 Å². The van der Waals surface area contributed by atoms with Gasteiger partial charge in [-0.1, -0.05) is 18.2 Å². The second kappa shape index (κ2) is 8.64. The smallest absolute Gasteiger partial charge is 0.255 e. The molecule has 0 bridgehead atoms. The Bertz CT molecular complexity index is 915. The maximum absolute atomic E-state index is 13.9. The van der Waals surface area contributed by atoms with E-state index in [0.29, 0.717) is 16.9 Å². The summed E-state index contributed by atoms with van der Waals surface area (Å²) >= 11 is 1.49. The van der Waals surface area contributed by atoms with Gasteiger partial charge in [-0.05, 0) is 36.8 Å². The van der Waals surface area contributed by atoms with Gasteiger partial charge in [0.25, 0.3) is 5.91 Å². The molecule has 0 aliphatic carbocycles. The Morgan fingerprint density at radius 1 is 1.26 bits per heavy atom. The normalized spacial score (nSPS) is 11.7. The lowest BCUT2D eigenvalue weighted by molar-refractivity contribution is 0.0935. The van der Waals surface area contributed by atoms with Crippen molar-refractivity contribution in [2.75, 3.05) is 7.11 Å². The molecule has 0 aliphatic rings. The van der Waals surface area contributed by atoms with Crippen LogP contribution < -0.4 is 14.8 Å². The minimum absolute atomic E-state index is 0.165. The van der Waals surface area contributed by atoms with Gasteiger partial charge in [-0.3, -0.25) is 4.79 Å². The fourth-order valence-electron chi connectivity index (χ4n) is 2.55. The van der Waals surface area contributed by atoms with Gasteiger partial charge in [0.15, 0.2) is 11.6 Å². The highest BCUT2D eigenvalue weighted by Crippen LogP contribution is 2.24. The highest BCUT2D eigenvalue weighted by atomic mass is 32.1. The Labute approximate surface area is 160 Å². The maximum Gasteiger partial charge on any atom is 0.255 e. The highest BCUT2D eigenvalue weighted by molar-refractivity contribution is 7.07. The SMILES string of the molecule is COc1ccc(C(C)NC(=O)c2ccccc2OCc2cscn2)cc1F. The molecule has 2 aromatic carbocycles. The summed E-state index contributed by atoms with van der Waals surface area (Å²) in [6.07, 6.45) is 0. The van der Waals surface area contributed by atoms with E-state index in [-0.39, 0.29) is 24.3 Å². The first-order valence-electron chi connectivity index (χ1n) is 8.31. The molecule has 1 unspecified atom stereocenters. The molecule has 0 saturated carbocycles. The van der Waals surface area contributed by atoms with Gasteiger partial charge in [-0.15, -0.1) is 11.3 Å². The van der Waals surface area contributed by atoms with E-state index in [0.717, 1.165) is 5.69 Å². The third-order valence-corrected chi connectivity index (χ3v) is 4.65. The zero-order valence-corrected chi connectivity index (χ0v) is 15.8. The van der Waals surface area contributed by atoms with Crippen LogP contribution in [0.15, 0.2) is 53.4 Å². The Balaban J connectivity index is 1.71. The Kier molecular flexibility index (Phi) is 6.03. The summed E-state index contributed by atoms with van der Waals surface area (Å²) in [5.74, 6) is -0.134. The molecule has 0 fully saturated rings. The minimum Gasteiger partial charge on any atom is -0.494 e. The van der Waals surface area contributed by atoms with Gasteiger partial charge in [0.2, 0.25) is 0 Å². The van der Waals surface area contributed by atoms with E-state index in [1.165, 1.54) is 30.6 Å². The Morgan fingerprint density at radius 2 is 2.07 bits per heavy atom. The van der Waals surface area contributed by atoms with Crippen LogP contribution in [0.25, 0.3) is 0 Å². The van der Waals surface area contributed by atoms with Crippen molar-refractivity contribution in [2.24, 2.45) is 0 Å². The second-order valence-electron chi connectivity index (χ2n) is 5.85. The summed E-state index contributed by atoms with van der Waals surface area (Å²) < 4.78 is 24.6. The van der Waals surface area contributed by atoms with Crippen molar-refractivity contribution in [2.45, 2.75) is 19.6 Å². The maximum atomic E-state index is 13.9. The fourth-order valence-corrected chi connectivity index (χ4v) is 3.09. The molecule has 1 atom stereocenters. The summed E-state index contributed by atoms with van der Waals surface area (Å²) in [4.78, 5) is 16.9. The number of nitrogens with zero attached hydrogens (tertiary/aromatic N) is 1. The lowest BCUT2D eigenvalue weighted by Gasteiger charge is -2.17. The van der Waals surface area contributed by atoms with Crippen LogP contribution in [0.1, 0.15) is 34.6 Å². The number of hydrogen-bond donors (Lipinski definition) is 1. The molecule has 1 heterocycles. The Hall–Kier alpha value is -2.93. The van der Waals surface area contributed by atoms with Gasteiger partial charge in [0.05, 0.1) is 29.9 Å². The van der Waals surface area contributed by atoms with Crippen molar-refractivity contribution < 1.29 is 18.7 Å². The summed E-state index contributed by atoms with van der Waals surface area (Å²) in [6.45, 7) is 2.07. The summed E-state index contributed by atoms with van der Waals surface area (Å²) in [5.41, 5.74) is 3.58. The number of rotatable bonds is 7. The molecule has 27 heavy (non-hydrogen) atoms. The zero-order valence-electron chi connectivity index (χ0n) is 14.9. The number of thiazole rings is 1. The van der Waals surface area contributed by atoms with Crippen LogP contribution in [0, 0.1) is 5.82 Å². The van der Waals surface area contributed by atoms with Crippen molar-refractivity contribution >= 4 is 17.2 Å². The lowest BCUT2D eigenvalue weighted by atomic mass is 10.1. The van der Waals surface area contributed by atoms with Crippen molar-refractivity contribution in [3.8, 4) is 11.5 Å². The van der Waals surface area contributed by atoms with Crippen molar-refractivity contribution in [1.82, 2.24) is 10.3 Å². The van der Waals surface area contributed by atoms with Crippen molar-refractivity contribution in [3.63, 3.8) is 0 Å². The van der Waals surface area contributed by atoms with Crippen LogP contribution in [0.4, 0.5) is 4.39 Å². The molecule has 0 spiro atoms. The van der Waals surface area contributed by atoms with E-state index >= 15 is 0 Å². The van der Waals surface area contributed by atoms with Crippen LogP contribution in [0.5, 0.6) is 11.5 Å². The van der Waals surface area contributed by atoms with E-state index in [1.54, 1.807) is 42.8 Å². The lowest BCUT2D eigenvalue weighted by Crippen LogP contribution is -2.27. The van der Waals surface area contributed by atoms with E-state index in [1.807, 2.05) is 5.38 Å². The highest BCUT2D eigenvalue weighted by Gasteiger charge is 2.17. The minimum atomic E-state index is -0.469. The van der Waals surface area contributed by atoms with Gasteiger partial charge in [-0.25, -0.2) is 9.37 Å². The zero-order chi connectivity index (χ0) is 19.2. The average molecular weight is 386 g/mol. The number of ether oxygens (including phenoxy) is 2. The number of carbonyl (C=O) groups excluding carboxylic acids is 1. The molecule has 0 radical (unpaired) electrons. The van der Waals surface area contributed by atoms with Gasteiger partial charge < -0.3 is 14.8 Å². The number of nitrogens with one attached hydrogen (secondary N) is 1. The van der Waals surface area contributed by atoms with Crippen LogP contribution in [-0.2, 0) is 6.61 Å². The molecule has 0 saturated heterocycles. The first-order chi connectivity index (χ1) is 13.1. The molecule has 0 aliphatic heterocycles. The molecule has 3 aromatic rings. The van der Waals surface area contributed by atoms with Crippen molar-refractivity contribution in [3.05, 3.63) is 76.0 Å². The summed E-state index contributed by atoms with van der Waals surface area (Å²) in [7, 11) is 1.41. The van der Waals surface area contributed by atoms with Crippen LogP contribution in [0.2, 0.25) is 0 Å². The molecule has 5 nitrogen and oxygen atoms in total. The summed E-state index contributed by atoms with van der Waals surface area (Å²) in [5, 5.41) is 4.76. The largest absolute Gasteiger partial charge is 0.494 e. The predicted molar refractivity (Wildman–Crippen MR) is 102 cm³/mol. The number of benzene rings is 2. The van der Waals surface area contributed by atoms with E-state index in [4.69, 9.17) is 9.47 Å². The van der Waals surface area contributed by atoms with Gasteiger partial charge in [0.1, 0.15) is 12.4 Å². The fraction of sp³-hybridized carbons (Fsp3) is 0.200. The second-order valence-corrected chi connectivity index (χ2v) is 6.57. The Morgan fingerprint density at radius 3 is 2.78 bits per heavy atom. The monoisotopic (exact) mass is 386 g/mol. The number of para-hydroxylation sites is 1. The number of carbonyl (C=O) groups is 1. The predicted octanol–water partition coefficient (Wildman–Crippen LogP) is 4.36. The van der Waals surface area contributed by atoms with Crippen LogP contribution >= 0.6 is 11.3 Å². The molecule has 1 amide bonds. The van der Waals surface area contributed by atoms with E-state index in [9.17, 15) is 9.18 Å². The molecule has 1 aromatic heterocycles. The van der Waals surface area contributed by atoms with E-state index in [2.05, 4.69) is 10.3 Å². The third-order valence-electron chi connectivity index (χ3n) is 4.01. The standard InChI is InChI=1S/C20H19FN2O3S/c1-13(14-7-8-19(25-2)17(21)9-14)23-20(24)16-5-3-4-6-18(16)26-10-15-11-27-12-22-15/h3-9,11-13H,10H2,1-2H3,(H,23,24). The average Bonchev–Trinajstić information content (AvgIpc) is 3.20. The first-order valence-corrected chi connectivity index (χ1v) is 9.26. The molecular formula is C20H19FN2O3S. The van der Waals surface area contributed by atoms with Crippen LogP contribution in [-0.4, -0.2) is 18.0 Å². The van der Waals surface area contributed by atoms with Gasteiger partial charge >= 0.3 is 0 Å². The summed E-state index contributed by atoms with van der Waals surface area (Å²) in [6, 6.07) is 11.2. The number of amides is 1. The number of hydrogen-bond acceptors (Lipinski definition) is 5. The first kappa shape index (κ1) is 18.8. The molecule has 3 rings (SSSR count). The molecule has 7 heteroatoms. The van der Waals surface area contributed by atoms with Gasteiger partial charge in [-0.2, -0.15) is 0 Å². The van der Waals surface area contributed by atoms with Crippen molar-refractivity contribution in [1.29, 1.82) is 0 Å². The molecular weight excluding hydrogens is 367 g/mol. The topological polar surface area (TPSA) is 60.5 Å². The number of methoxy groups -OCH3 is 1. The third kappa shape index (κ3) is 4.62. The number of halogens is 1. The van der Waals surface area contributed by atoms with Crippen LogP contribution in [0.3, 0.4) is 0 Å². The quantitative estimate of drug-likeness (QED) is 0.655.